The first-order valence-corrected chi connectivity index (χ1v) is 9.06. The van der Waals surface area contributed by atoms with E-state index >= 15 is 0 Å². The highest BCUT2D eigenvalue weighted by Gasteiger charge is 2.22. The van der Waals surface area contributed by atoms with Crippen molar-refractivity contribution >= 4 is 18.6 Å². The number of rotatable bonds is 5. The first-order chi connectivity index (χ1) is 12.3. The Balaban J connectivity index is 1.97. The van der Waals surface area contributed by atoms with Crippen LogP contribution in [0.3, 0.4) is 0 Å². The number of pyridine rings is 2. The van der Waals surface area contributed by atoms with Gasteiger partial charge < -0.3 is 19.3 Å². The third-order valence-corrected chi connectivity index (χ3v) is 4.18. The summed E-state index contributed by atoms with van der Waals surface area (Å²) in [5, 5.41) is 0.494. The van der Waals surface area contributed by atoms with Crippen LogP contribution in [0.4, 0.5) is 8.78 Å². The molecule has 0 aliphatic rings. The van der Waals surface area contributed by atoms with Crippen LogP contribution >= 0.6 is 7.60 Å². The fourth-order valence-electron chi connectivity index (χ4n) is 2.31. The molecule has 2 heterocycles. The van der Waals surface area contributed by atoms with Crippen molar-refractivity contribution in [3.8, 4) is 17.4 Å². The van der Waals surface area contributed by atoms with Gasteiger partial charge in [0.05, 0.1) is 18.7 Å². The maximum absolute atomic E-state index is 14.1. The molecule has 0 saturated heterocycles. The van der Waals surface area contributed by atoms with Crippen molar-refractivity contribution < 1.29 is 32.6 Å². The van der Waals surface area contributed by atoms with Gasteiger partial charge >= 0.3 is 7.60 Å². The smallest absolute Gasteiger partial charge is 0.330 e. The molecular weight excluding hydrogens is 369 g/mol. The van der Waals surface area contributed by atoms with Gasteiger partial charge in [-0.1, -0.05) is 0 Å². The fourth-order valence-corrected chi connectivity index (χ4v) is 3.03. The van der Waals surface area contributed by atoms with Crippen molar-refractivity contribution in [3.63, 3.8) is 0 Å². The molecule has 0 bridgehead atoms. The zero-order valence-corrected chi connectivity index (χ0v) is 14.3. The van der Waals surface area contributed by atoms with Gasteiger partial charge in [0, 0.05) is 30.0 Å². The van der Waals surface area contributed by atoms with Crippen LogP contribution in [0.1, 0.15) is 5.56 Å². The Hall–Kier alpha value is -2.61. The van der Waals surface area contributed by atoms with Crippen LogP contribution in [0, 0.1) is 11.6 Å². The summed E-state index contributed by atoms with van der Waals surface area (Å²) in [6, 6.07) is 6.43. The van der Waals surface area contributed by atoms with Crippen LogP contribution in [0.25, 0.3) is 11.0 Å². The van der Waals surface area contributed by atoms with Crippen molar-refractivity contribution in [3.05, 3.63) is 53.7 Å². The number of ether oxygens (including phenoxy) is 2. The predicted octanol–water partition coefficient (Wildman–Crippen LogP) is 3.39. The second-order valence-corrected chi connectivity index (χ2v) is 6.97. The van der Waals surface area contributed by atoms with E-state index < -0.39 is 31.0 Å². The average Bonchev–Trinajstić information content (AvgIpc) is 2.57. The van der Waals surface area contributed by atoms with E-state index in [0.29, 0.717) is 16.9 Å². The molecule has 3 aromatic rings. The van der Waals surface area contributed by atoms with E-state index in [9.17, 15) is 13.3 Å². The SMILES string of the molecule is COc1ccc2c(Oc3cc(F)c(CP(=O)(O)O)c(F)c3)ccnc2n1. The Morgan fingerprint density at radius 1 is 1.15 bits per heavy atom. The molecule has 10 heteroatoms. The quantitative estimate of drug-likeness (QED) is 0.652. The molecule has 7 nitrogen and oxygen atoms in total. The average molecular weight is 382 g/mol. The van der Waals surface area contributed by atoms with E-state index in [1.165, 1.54) is 19.4 Å². The Morgan fingerprint density at radius 2 is 1.85 bits per heavy atom. The van der Waals surface area contributed by atoms with Gasteiger partial charge in [-0.05, 0) is 12.1 Å². The highest BCUT2D eigenvalue weighted by molar-refractivity contribution is 7.50. The van der Waals surface area contributed by atoms with Crippen molar-refractivity contribution in [2.45, 2.75) is 6.16 Å². The van der Waals surface area contributed by atoms with Crippen molar-refractivity contribution in [2.75, 3.05) is 7.11 Å². The van der Waals surface area contributed by atoms with Gasteiger partial charge in [-0.15, -0.1) is 0 Å². The number of aromatic nitrogens is 2. The van der Waals surface area contributed by atoms with Gasteiger partial charge in [0.15, 0.2) is 5.65 Å². The van der Waals surface area contributed by atoms with E-state index in [-0.39, 0.29) is 11.5 Å². The number of hydrogen-bond acceptors (Lipinski definition) is 5. The van der Waals surface area contributed by atoms with Crippen molar-refractivity contribution in [2.24, 2.45) is 0 Å². The van der Waals surface area contributed by atoms with E-state index in [1.807, 2.05) is 0 Å². The first kappa shape index (κ1) is 18.2. The maximum atomic E-state index is 14.1. The zero-order chi connectivity index (χ0) is 18.9. The molecule has 0 spiro atoms. The van der Waals surface area contributed by atoms with Crippen LogP contribution in [0.15, 0.2) is 36.5 Å². The summed E-state index contributed by atoms with van der Waals surface area (Å²) in [6.45, 7) is 0. The maximum Gasteiger partial charge on any atom is 0.330 e. The van der Waals surface area contributed by atoms with Crippen LogP contribution < -0.4 is 9.47 Å². The highest BCUT2D eigenvalue weighted by atomic mass is 31.2. The van der Waals surface area contributed by atoms with Crippen molar-refractivity contribution in [1.82, 2.24) is 9.97 Å². The van der Waals surface area contributed by atoms with Gasteiger partial charge in [0.1, 0.15) is 23.1 Å². The lowest BCUT2D eigenvalue weighted by atomic mass is 10.2. The lowest BCUT2D eigenvalue weighted by Crippen LogP contribution is -1.99. The van der Waals surface area contributed by atoms with E-state index in [2.05, 4.69) is 9.97 Å². The number of methoxy groups -OCH3 is 1. The lowest BCUT2D eigenvalue weighted by Gasteiger charge is -2.12. The number of halogens is 2. The molecule has 0 unspecified atom stereocenters. The second-order valence-electron chi connectivity index (χ2n) is 5.32. The van der Waals surface area contributed by atoms with Gasteiger partial charge in [-0.3, -0.25) is 4.57 Å². The molecule has 0 radical (unpaired) electrons. The topological polar surface area (TPSA) is 102 Å². The summed E-state index contributed by atoms with van der Waals surface area (Å²) in [7, 11) is -3.16. The number of nitrogens with zero attached hydrogens (tertiary/aromatic N) is 2. The van der Waals surface area contributed by atoms with E-state index in [1.54, 1.807) is 12.1 Å². The second kappa shape index (κ2) is 6.95. The third kappa shape index (κ3) is 3.96. The Labute approximate surface area is 146 Å². The monoisotopic (exact) mass is 382 g/mol. The molecule has 26 heavy (non-hydrogen) atoms. The van der Waals surface area contributed by atoms with Gasteiger partial charge in [0.2, 0.25) is 5.88 Å². The molecule has 3 rings (SSSR count). The molecule has 136 valence electrons. The summed E-state index contributed by atoms with van der Waals surface area (Å²) < 4.78 is 49.6. The largest absolute Gasteiger partial charge is 0.481 e. The van der Waals surface area contributed by atoms with Gasteiger partial charge in [0.25, 0.3) is 0 Å². The molecule has 2 aromatic heterocycles. The Bertz CT molecular complexity index is 1000. The van der Waals surface area contributed by atoms with Crippen LogP contribution in [0.2, 0.25) is 0 Å². The third-order valence-electron chi connectivity index (χ3n) is 3.45. The number of hydrogen-bond donors (Lipinski definition) is 2. The van der Waals surface area contributed by atoms with Crippen molar-refractivity contribution in [1.29, 1.82) is 0 Å². The molecule has 0 fully saturated rings. The Morgan fingerprint density at radius 3 is 2.46 bits per heavy atom. The summed E-state index contributed by atoms with van der Waals surface area (Å²) in [4.78, 5) is 26.0. The molecule has 2 N–H and O–H groups in total. The lowest BCUT2D eigenvalue weighted by molar-refractivity contribution is 0.369. The minimum absolute atomic E-state index is 0.169. The van der Waals surface area contributed by atoms with E-state index in [0.717, 1.165) is 12.1 Å². The summed E-state index contributed by atoms with van der Waals surface area (Å²) in [6.07, 6.45) is 0.381. The minimum atomic E-state index is -4.61. The molecule has 0 aliphatic carbocycles. The molecule has 1 aromatic carbocycles. The number of fused-ring (bicyclic) bond motifs is 1. The number of benzene rings is 1. The summed E-state index contributed by atoms with van der Waals surface area (Å²) in [5.74, 6) is -1.78. The van der Waals surface area contributed by atoms with E-state index in [4.69, 9.17) is 19.3 Å². The normalized spacial score (nSPS) is 11.6. The fraction of sp³-hybridized carbons (Fsp3) is 0.125. The summed E-state index contributed by atoms with van der Waals surface area (Å²) >= 11 is 0. The molecular formula is C16H13F2N2O5P. The minimum Gasteiger partial charge on any atom is -0.481 e. The van der Waals surface area contributed by atoms with Crippen LogP contribution in [-0.4, -0.2) is 26.9 Å². The zero-order valence-electron chi connectivity index (χ0n) is 13.4. The van der Waals surface area contributed by atoms with Gasteiger partial charge in [-0.2, -0.15) is 4.98 Å². The highest BCUT2D eigenvalue weighted by Crippen LogP contribution is 2.41. The van der Waals surface area contributed by atoms with Gasteiger partial charge in [-0.25, -0.2) is 13.8 Å². The molecule has 0 aliphatic heterocycles. The van der Waals surface area contributed by atoms with Crippen LogP contribution in [-0.2, 0) is 10.7 Å². The van der Waals surface area contributed by atoms with Crippen LogP contribution in [0.5, 0.6) is 17.4 Å². The first-order valence-electron chi connectivity index (χ1n) is 7.27. The summed E-state index contributed by atoms with van der Waals surface area (Å²) in [5.41, 5.74) is -0.377. The standard InChI is InChI=1S/C16H13F2N2O5P/c1-24-15-3-2-10-14(4-5-19-16(10)20-15)25-9-6-12(17)11(13(18)7-9)8-26(21,22)23/h2-7H,8H2,1H3,(H2,21,22,23). The molecule has 0 amide bonds. The molecule has 0 atom stereocenters. The molecule has 0 saturated carbocycles. The predicted molar refractivity (Wildman–Crippen MR) is 88.3 cm³/mol. The Kier molecular flexibility index (Phi) is 4.86.